The first-order valence-corrected chi connectivity index (χ1v) is 24.2. The van der Waals surface area contributed by atoms with E-state index in [1.807, 2.05) is 70.5 Å². The van der Waals surface area contributed by atoms with Gasteiger partial charge in [-0.05, 0) is 96.5 Å². The van der Waals surface area contributed by atoms with E-state index >= 15 is 0 Å². The second-order valence-corrected chi connectivity index (χ2v) is 18.4. The molecule has 4 amide bonds. The number of carbonyl (C=O) groups is 4. The van der Waals surface area contributed by atoms with Crippen molar-refractivity contribution in [3.8, 4) is 0 Å². The lowest BCUT2D eigenvalue weighted by Crippen LogP contribution is -2.59. The maximum atomic E-state index is 13.3. The monoisotopic (exact) mass is 918 g/mol. The van der Waals surface area contributed by atoms with Crippen LogP contribution in [0.5, 0.6) is 0 Å². The summed E-state index contributed by atoms with van der Waals surface area (Å²) < 4.78 is 26.4. The van der Waals surface area contributed by atoms with Crippen LogP contribution in [0.15, 0.2) is 109 Å². The van der Waals surface area contributed by atoms with Crippen molar-refractivity contribution in [3.05, 3.63) is 143 Å². The number of rotatable bonds is 12. The average Bonchev–Trinajstić information content (AvgIpc) is 3.69. The summed E-state index contributed by atoms with van der Waals surface area (Å²) in [6.07, 6.45) is 8.40. The fourth-order valence-electron chi connectivity index (χ4n) is 9.12. The number of benzene rings is 4. The minimum Gasteiger partial charge on any atom is -0.338 e. The quantitative estimate of drug-likeness (QED) is 0.151. The van der Waals surface area contributed by atoms with Crippen molar-refractivity contribution >= 4 is 59.6 Å². The fraction of sp³-hybridized carbons (Fsp3) is 0.417. The van der Waals surface area contributed by atoms with Crippen LogP contribution in [0, 0.1) is 11.6 Å². The molecule has 4 saturated heterocycles. The van der Waals surface area contributed by atoms with Gasteiger partial charge in [-0.25, -0.2) is 8.78 Å². The third kappa shape index (κ3) is 11.3. The summed E-state index contributed by atoms with van der Waals surface area (Å²) in [6, 6.07) is 31.1. The van der Waals surface area contributed by atoms with E-state index in [2.05, 4.69) is 23.1 Å². The van der Waals surface area contributed by atoms with Gasteiger partial charge in [0.1, 0.15) is 11.6 Å². The van der Waals surface area contributed by atoms with Gasteiger partial charge in [0, 0.05) is 76.1 Å². The molecule has 10 nitrogen and oxygen atoms in total. The van der Waals surface area contributed by atoms with Crippen molar-refractivity contribution in [2.24, 2.45) is 0 Å². The Balaban J connectivity index is 0.000000206. The van der Waals surface area contributed by atoms with E-state index in [0.717, 1.165) is 35.5 Å². The molecule has 0 aliphatic carbocycles. The molecule has 4 aromatic rings. The lowest BCUT2D eigenvalue weighted by Gasteiger charge is -2.44. The Morgan fingerprint density at radius 2 is 0.905 bits per heavy atom. The number of nitrogens with zero attached hydrogens (tertiary/aromatic N) is 4. The zero-order valence-electron chi connectivity index (χ0n) is 35.8. The molecule has 336 valence electrons. The van der Waals surface area contributed by atoms with Crippen molar-refractivity contribution in [3.63, 3.8) is 0 Å². The van der Waals surface area contributed by atoms with Crippen molar-refractivity contribution in [2.45, 2.75) is 75.0 Å². The molecule has 1 unspecified atom stereocenters. The number of nitrogens with one attached hydrogen (secondary N) is 2. The van der Waals surface area contributed by atoms with Crippen LogP contribution in [0.4, 0.5) is 8.78 Å². The SMILES string of the molecule is CSCCC1NC2(CCN(C(=O)c3ccc(F)cc3)CC2)N(Cc2ccccc2)C1=O.CSCC[C@@H]1NC2(CCN(C(=O)c3ccc(F)cc3)CC2)N(Cc2ccccc2)C1=O.Cl. The molecule has 4 aromatic carbocycles. The summed E-state index contributed by atoms with van der Waals surface area (Å²) in [7, 11) is 0. The van der Waals surface area contributed by atoms with Crippen LogP contribution in [-0.4, -0.2) is 117 Å². The summed E-state index contributed by atoms with van der Waals surface area (Å²) in [5.41, 5.74) is 2.32. The maximum Gasteiger partial charge on any atom is 0.253 e. The predicted octanol–water partition coefficient (Wildman–Crippen LogP) is 7.45. The molecule has 8 rings (SSSR count). The van der Waals surface area contributed by atoms with E-state index in [1.54, 1.807) is 33.3 Å². The van der Waals surface area contributed by atoms with Crippen molar-refractivity contribution in [1.29, 1.82) is 0 Å². The van der Waals surface area contributed by atoms with Gasteiger partial charge in [-0.3, -0.25) is 29.8 Å². The predicted molar refractivity (Wildman–Crippen MR) is 250 cm³/mol. The molecular weight excluding hydrogens is 862 g/mol. The van der Waals surface area contributed by atoms with E-state index in [9.17, 15) is 28.0 Å². The van der Waals surface area contributed by atoms with Crippen molar-refractivity contribution < 1.29 is 28.0 Å². The van der Waals surface area contributed by atoms with Crippen LogP contribution >= 0.6 is 35.9 Å². The largest absolute Gasteiger partial charge is 0.338 e. The smallest absolute Gasteiger partial charge is 0.253 e. The van der Waals surface area contributed by atoms with Crippen molar-refractivity contribution in [2.75, 3.05) is 50.2 Å². The molecule has 2 spiro atoms. The second-order valence-electron chi connectivity index (χ2n) is 16.4. The van der Waals surface area contributed by atoms with E-state index in [4.69, 9.17) is 0 Å². The lowest BCUT2D eigenvalue weighted by atomic mass is 9.94. The third-order valence-corrected chi connectivity index (χ3v) is 13.9. The summed E-state index contributed by atoms with van der Waals surface area (Å²) in [5, 5.41) is 7.29. The molecule has 4 aliphatic heterocycles. The van der Waals surface area contributed by atoms with Crippen LogP contribution < -0.4 is 10.6 Å². The van der Waals surface area contributed by atoms with Gasteiger partial charge >= 0.3 is 0 Å². The number of thioether (sulfide) groups is 2. The van der Waals surface area contributed by atoms with Gasteiger partial charge in [0.05, 0.1) is 23.4 Å². The van der Waals surface area contributed by atoms with Crippen LogP contribution in [0.25, 0.3) is 0 Å². The highest BCUT2D eigenvalue weighted by atomic mass is 35.5. The molecule has 0 saturated carbocycles. The lowest BCUT2D eigenvalue weighted by molar-refractivity contribution is -0.135. The fourth-order valence-corrected chi connectivity index (χ4v) is 10.1. The highest BCUT2D eigenvalue weighted by Gasteiger charge is 2.53. The molecule has 0 aromatic heterocycles. The second kappa shape index (κ2) is 21.9. The molecule has 2 N–H and O–H groups in total. The van der Waals surface area contributed by atoms with Gasteiger partial charge in [0.15, 0.2) is 0 Å². The molecule has 63 heavy (non-hydrogen) atoms. The van der Waals surface area contributed by atoms with E-state index in [1.165, 1.54) is 48.5 Å². The average molecular weight is 920 g/mol. The first-order chi connectivity index (χ1) is 30.0. The molecule has 2 atom stereocenters. The van der Waals surface area contributed by atoms with Crippen LogP contribution in [0.3, 0.4) is 0 Å². The Morgan fingerprint density at radius 3 is 1.22 bits per heavy atom. The first kappa shape index (κ1) is 48.0. The van der Waals surface area contributed by atoms with Crippen LogP contribution in [0.1, 0.15) is 70.4 Å². The highest BCUT2D eigenvalue weighted by Crippen LogP contribution is 2.37. The van der Waals surface area contributed by atoms with Gasteiger partial charge in [0.2, 0.25) is 11.8 Å². The molecule has 0 radical (unpaired) electrons. The molecular formula is C48H57ClF2N6O4S2. The number of halogens is 3. The Hall–Kier alpha value is -4.47. The Bertz CT molecular complexity index is 1990. The number of hydrogen-bond donors (Lipinski definition) is 2. The summed E-state index contributed by atoms with van der Waals surface area (Å²) in [5.74, 6) is 1.26. The van der Waals surface area contributed by atoms with E-state index < -0.39 is 11.3 Å². The van der Waals surface area contributed by atoms with Crippen molar-refractivity contribution in [1.82, 2.24) is 30.2 Å². The van der Waals surface area contributed by atoms with Gasteiger partial charge in [0.25, 0.3) is 11.8 Å². The molecule has 4 fully saturated rings. The van der Waals surface area contributed by atoms with Gasteiger partial charge in [-0.15, -0.1) is 12.4 Å². The van der Waals surface area contributed by atoms with E-state index in [-0.39, 0.29) is 59.8 Å². The number of likely N-dealkylation sites (tertiary alicyclic amines) is 2. The van der Waals surface area contributed by atoms with E-state index in [0.29, 0.717) is 76.1 Å². The Kier molecular flexibility index (Phi) is 16.7. The zero-order chi connectivity index (χ0) is 43.7. The molecule has 4 aliphatic rings. The minimum absolute atomic E-state index is 0. The minimum atomic E-state index is -0.435. The van der Waals surface area contributed by atoms with Crippen LogP contribution in [0.2, 0.25) is 0 Å². The first-order valence-electron chi connectivity index (χ1n) is 21.4. The number of piperidine rings is 2. The van der Waals surface area contributed by atoms with Gasteiger partial charge < -0.3 is 19.6 Å². The van der Waals surface area contributed by atoms with Gasteiger partial charge in [-0.1, -0.05) is 60.7 Å². The topological polar surface area (TPSA) is 105 Å². The van der Waals surface area contributed by atoms with Gasteiger partial charge in [-0.2, -0.15) is 23.5 Å². The molecule has 15 heteroatoms. The summed E-state index contributed by atoms with van der Waals surface area (Å²) >= 11 is 3.49. The van der Waals surface area contributed by atoms with Crippen LogP contribution in [-0.2, 0) is 22.7 Å². The Morgan fingerprint density at radius 1 is 0.571 bits per heavy atom. The highest BCUT2D eigenvalue weighted by molar-refractivity contribution is 7.98. The Labute approximate surface area is 384 Å². The number of amides is 4. The summed E-state index contributed by atoms with van der Waals surface area (Å²) in [6.45, 7) is 3.34. The standard InChI is InChI=1S/2C24H28FN3O2S.ClH/c2*1-31-16-11-21-23(30)28(17-18-5-3-2-4-6-18)24(26-21)12-14-27(15-13-24)22(29)19-7-9-20(25)10-8-19;/h2*2-10,21,26H,11-17H2,1H3;1H/t21-;;/m0../s1. The normalized spacial score (nSPS) is 20.1. The summed E-state index contributed by atoms with van der Waals surface area (Å²) in [4.78, 5) is 59.9. The molecule has 0 bridgehead atoms. The maximum absolute atomic E-state index is 13.3. The third-order valence-electron chi connectivity index (χ3n) is 12.6. The zero-order valence-corrected chi connectivity index (χ0v) is 38.3. The number of carbonyl (C=O) groups excluding carboxylic acids is 4. The molecule has 4 heterocycles. The number of hydrogen-bond acceptors (Lipinski definition) is 8.